The molecule has 256 valence electrons. The van der Waals surface area contributed by atoms with Gasteiger partial charge in [-0.3, -0.25) is 14.4 Å². The smallest absolute Gasteiger partial charge is 0.321 e. The Balaban J connectivity index is 0.00000245. The molecule has 0 radical (unpaired) electrons. The lowest BCUT2D eigenvalue weighted by Gasteiger charge is -2.35. The fourth-order valence-corrected chi connectivity index (χ4v) is 7.75. The van der Waals surface area contributed by atoms with Gasteiger partial charge in [-0.05, 0) is 107 Å². The van der Waals surface area contributed by atoms with Gasteiger partial charge in [0.15, 0.2) is 0 Å². The summed E-state index contributed by atoms with van der Waals surface area (Å²) in [5.41, 5.74) is 6.11. The zero-order valence-electron chi connectivity index (χ0n) is 27.8. The zero-order valence-corrected chi connectivity index (χ0v) is 30.2. The van der Waals surface area contributed by atoms with Gasteiger partial charge in [-0.15, -0.1) is 37.2 Å². The summed E-state index contributed by atoms with van der Waals surface area (Å²) in [6.07, 6.45) is 4.85. The lowest BCUT2D eigenvalue weighted by Crippen LogP contribution is -2.47. The van der Waals surface area contributed by atoms with E-state index in [0.717, 1.165) is 69.5 Å². The fourth-order valence-electron chi connectivity index (χ4n) is 7.75. The van der Waals surface area contributed by atoms with Gasteiger partial charge < -0.3 is 10.0 Å². The number of rotatable bonds is 11. The van der Waals surface area contributed by atoms with E-state index in [2.05, 4.69) is 58.7 Å². The van der Waals surface area contributed by atoms with Crippen molar-refractivity contribution < 1.29 is 14.3 Å². The number of benzene rings is 2. The van der Waals surface area contributed by atoms with E-state index in [0.29, 0.717) is 11.8 Å². The summed E-state index contributed by atoms with van der Waals surface area (Å²) in [5.74, 6) is 0.122. The number of aromatic nitrogens is 2. The summed E-state index contributed by atoms with van der Waals surface area (Å²) in [5, 5.41) is 14.9. The van der Waals surface area contributed by atoms with Crippen LogP contribution in [0.25, 0.3) is 0 Å². The third-order valence-electron chi connectivity index (χ3n) is 10.0. The van der Waals surface area contributed by atoms with Crippen molar-refractivity contribution in [3.63, 3.8) is 0 Å². The minimum absolute atomic E-state index is 0. The average molecular weight is 698 g/mol. The number of likely N-dealkylation sites (tertiary alicyclic amines) is 1. The highest BCUT2D eigenvalue weighted by Gasteiger charge is 2.42. The maximum Gasteiger partial charge on any atom is 0.321 e. The molecular formula is C36H52Cl3FN4O2. The van der Waals surface area contributed by atoms with E-state index in [-0.39, 0.29) is 60.9 Å². The monoisotopic (exact) mass is 696 g/mol. The molecule has 0 amide bonds. The maximum atomic E-state index is 14.3. The molecule has 2 aliphatic rings. The second kappa shape index (κ2) is 17.8. The van der Waals surface area contributed by atoms with Crippen molar-refractivity contribution in [3.8, 4) is 0 Å². The number of nitrogens with zero attached hydrogens (tertiary/aromatic N) is 4. The van der Waals surface area contributed by atoms with Crippen LogP contribution in [0, 0.1) is 24.6 Å². The topological polar surface area (TPSA) is 61.6 Å². The van der Waals surface area contributed by atoms with Crippen LogP contribution in [-0.4, -0.2) is 69.4 Å². The molecule has 1 aromatic heterocycles. The van der Waals surface area contributed by atoms with E-state index in [9.17, 15) is 14.3 Å². The molecule has 0 bridgehead atoms. The van der Waals surface area contributed by atoms with Crippen LogP contribution in [-0.2, 0) is 17.8 Å². The first kappa shape index (κ1) is 40.0. The molecule has 10 heteroatoms. The van der Waals surface area contributed by atoms with Crippen LogP contribution < -0.4 is 0 Å². The Morgan fingerprint density at radius 3 is 2.30 bits per heavy atom. The van der Waals surface area contributed by atoms with Crippen molar-refractivity contribution in [3.05, 3.63) is 88.5 Å². The Morgan fingerprint density at radius 2 is 1.72 bits per heavy atom. The van der Waals surface area contributed by atoms with Crippen LogP contribution in [0.3, 0.4) is 0 Å². The Labute approximate surface area is 293 Å². The highest BCUT2D eigenvalue weighted by Crippen LogP contribution is 2.43. The van der Waals surface area contributed by atoms with Gasteiger partial charge in [-0.25, -0.2) is 4.39 Å². The van der Waals surface area contributed by atoms with Gasteiger partial charge in [0.2, 0.25) is 0 Å². The lowest BCUT2D eigenvalue weighted by molar-refractivity contribution is -0.145. The summed E-state index contributed by atoms with van der Waals surface area (Å²) in [4.78, 5) is 16.8. The van der Waals surface area contributed by atoms with Gasteiger partial charge >= 0.3 is 5.97 Å². The van der Waals surface area contributed by atoms with E-state index in [1.54, 1.807) is 6.07 Å². The van der Waals surface area contributed by atoms with Crippen molar-refractivity contribution in [2.24, 2.45) is 11.8 Å². The highest BCUT2D eigenvalue weighted by molar-refractivity contribution is 5.86. The van der Waals surface area contributed by atoms with Crippen LogP contribution in [0.15, 0.2) is 54.6 Å². The molecule has 0 spiro atoms. The Morgan fingerprint density at radius 1 is 1.04 bits per heavy atom. The van der Waals surface area contributed by atoms with Gasteiger partial charge in [0.05, 0.1) is 5.69 Å². The maximum absolute atomic E-state index is 14.3. The van der Waals surface area contributed by atoms with E-state index in [1.165, 1.54) is 22.9 Å². The molecule has 5 rings (SSSR count). The molecule has 4 atom stereocenters. The molecular weight excluding hydrogens is 646 g/mol. The van der Waals surface area contributed by atoms with E-state index >= 15 is 0 Å². The summed E-state index contributed by atoms with van der Waals surface area (Å²) < 4.78 is 16.5. The van der Waals surface area contributed by atoms with Crippen molar-refractivity contribution in [1.29, 1.82) is 0 Å². The molecule has 1 aliphatic heterocycles. The molecule has 1 N–H and O–H groups in total. The minimum Gasteiger partial charge on any atom is -0.480 e. The summed E-state index contributed by atoms with van der Waals surface area (Å²) >= 11 is 0. The van der Waals surface area contributed by atoms with E-state index in [1.807, 2.05) is 33.0 Å². The van der Waals surface area contributed by atoms with E-state index < -0.39 is 12.0 Å². The lowest BCUT2D eigenvalue weighted by atomic mass is 9.87. The van der Waals surface area contributed by atoms with Crippen LogP contribution in [0.2, 0.25) is 0 Å². The standard InChI is InChI=1S/C36H49FN4O2.3ClH/c1-6-41-34(21-31(38-41)18-26-12-10-25(4)11-13-26)27-14-16-40(17-15-27)23-29-20-32(39(5)35(24(2)3)36(42)43)22-33(29)28-8-7-9-30(37)19-28;;;/h7-13,19,21,24,27,29,32-33,35H,6,14-18,20,22-23H2,1-5H3,(H,42,43);3*1H/t29?,32?,33?,35-;;;/m1.../s1. The van der Waals surface area contributed by atoms with Gasteiger partial charge in [-0.2, -0.15) is 5.10 Å². The number of aliphatic carboxylic acids is 1. The summed E-state index contributed by atoms with van der Waals surface area (Å²) in [6, 6.07) is 17.7. The van der Waals surface area contributed by atoms with Crippen LogP contribution in [0.5, 0.6) is 0 Å². The molecule has 46 heavy (non-hydrogen) atoms. The molecule has 3 unspecified atom stereocenters. The molecule has 2 fully saturated rings. The number of carboxylic acids is 1. The predicted molar refractivity (Wildman–Crippen MR) is 192 cm³/mol. The number of halogens is 4. The van der Waals surface area contributed by atoms with Gasteiger partial charge in [0.1, 0.15) is 11.9 Å². The van der Waals surface area contributed by atoms with Gasteiger partial charge in [-0.1, -0.05) is 55.8 Å². The number of hydrogen-bond donors (Lipinski definition) is 1. The third kappa shape index (κ3) is 9.47. The Kier molecular flexibility index (Phi) is 15.5. The number of carboxylic acid groups (broad SMARTS) is 1. The van der Waals surface area contributed by atoms with Crippen LogP contribution >= 0.6 is 37.2 Å². The zero-order chi connectivity index (χ0) is 30.7. The molecule has 2 aromatic carbocycles. The molecule has 3 aromatic rings. The Hall–Kier alpha value is -2.16. The minimum atomic E-state index is -0.765. The normalized spacial score (nSPS) is 21.0. The summed E-state index contributed by atoms with van der Waals surface area (Å²) in [7, 11) is 1.96. The number of piperidine rings is 1. The SMILES string of the molecule is CCn1nc(Cc2ccc(C)cc2)cc1C1CCN(CC2CC(N(C)[C@@H](C(=O)O)C(C)C)CC2c2cccc(F)c2)CC1.Cl.Cl.Cl. The van der Waals surface area contributed by atoms with Crippen molar-refractivity contribution in [1.82, 2.24) is 19.6 Å². The largest absolute Gasteiger partial charge is 0.480 e. The summed E-state index contributed by atoms with van der Waals surface area (Å²) in [6.45, 7) is 12.2. The van der Waals surface area contributed by atoms with Gasteiger partial charge in [0, 0.05) is 37.2 Å². The average Bonchev–Trinajstić information content (AvgIpc) is 3.58. The molecule has 1 aliphatic carbocycles. The molecule has 1 saturated heterocycles. The first-order chi connectivity index (χ1) is 20.6. The third-order valence-corrected chi connectivity index (χ3v) is 10.0. The highest BCUT2D eigenvalue weighted by atomic mass is 35.5. The molecule has 2 heterocycles. The Bertz CT molecular complexity index is 1380. The van der Waals surface area contributed by atoms with Crippen molar-refractivity contribution in [2.45, 2.75) is 90.3 Å². The number of hydrogen-bond acceptors (Lipinski definition) is 4. The quantitative estimate of drug-likeness (QED) is 0.220. The number of aryl methyl sites for hydroxylation is 2. The second-order valence-electron chi connectivity index (χ2n) is 13.4. The number of carbonyl (C=O) groups is 1. The molecule has 6 nitrogen and oxygen atoms in total. The van der Waals surface area contributed by atoms with Crippen LogP contribution in [0.1, 0.15) is 86.4 Å². The van der Waals surface area contributed by atoms with Crippen LogP contribution in [0.4, 0.5) is 4.39 Å². The second-order valence-corrected chi connectivity index (χ2v) is 13.4. The predicted octanol–water partition coefficient (Wildman–Crippen LogP) is 7.99. The first-order valence-electron chi connectivity index (χ1n) is 16.2. The fraction of sp³-hybridized carbons (Fsp3) is 0.556. The number of likely N-dealkylation sites (N-methyl/N-ethyl adjacent to an activating group) is 1. The van der Waals surface area contributed by atoms with Crippen molar-refractivity contribution >= 4 is 43.2 Å². The van der Waals surface area contributed by atoms with E-state index in [4.69, 9.17) is 5.10 Å². The van der Waals surface area contributed by atoms with Crippen molar-refractivity contribution in [2.75, 3.05) is 26.7 Å². The first-order valence-corrected chi connectivity index (χ1v) is 16.2. The van der Waals surface area contributed by atoms with Gasteiger partial charge in [0.25, 0.3) is 0 Å². The molecule has 1 saturated carbocycles.